The van der Waals surface area contributed by atoms with Crippen LogP contribution >= 0.6 is 22.9 Å². The Bertz CT molecular complexity index is 513. The van der Waals surface area contributed by atoms with Crippen LogP contribution in [0, 0.1) is 5.82 Å². The van der Waals surface area contributed by atoms with Crippen LogP contribution in [0.5, 0.6) is 0 Å². The number of thiophene rings is 1. The number of benzene rings is 1. The Balaban J connectivity index is 2.05. The summed E-state index contributed by atoms with van der Waals surface area (Å²) in [5.41, 5.74) is 0.805. The Morgan fingerprint density at radius 1 is 1.32 bits per heavy atom. The molecule has 0 aliphatic carbocycles. The van der Waals surface area contributed by atoms with Gasteiger partial charge in [-0.1, -0.05) is 43.1 Å². The summed E-state index contributed by atoms with van der Waals surface area (Å²) in [6.07, 6.45) is 2.17. The highest BCUT2D eigenvalue weighted by atomic mass is 35.5. The smallest absolute Gasteiger partial charge is 0.142 e. The second-order valence-corrected chi connectivity index (χ2v) is 5.81. The van der Waals surface area contributed by atoms with E-state index in [-0.39, 0.29) is 10.8 Å². The zero-order valence-electron chi connectivity index (χ0n) is 10.8. The van der Waals surface area contributed by atoms with Gasteiger partial charge in [-0.25, -0.2) is 4.39 Å². The van der Waals surface area contributed by atoms with Gasteiger partial charge in [0, 0.05) is 17.5 Å². The van der Waals surface area contributed by atoms with E-state index in [4.69, 9.17) is 11.6 Å². The minimum absolute atomic E-state index is 0.219. The fourth-order valence-corrected chi connectivity index (χ4v) is 3.07. The third-order valence-corrected chi connectivity index (χ3v) is 4.44. The second kappa shape index (κ2) is 7.04. The summed E-state index contributed by atoms with van der Waals surface area (Å²) in [5.74, 6) is -0.357. The van der Waals surface area contributed by atoms with Gasteiger partial charge in [-0.2, -0.15) is 0 Å². The molecule has 102 valence electrons. The molecule has 1 unspecified atom stereocenters. The molecule has 1 heterocycles. The van der Waals surface area contributed by atoms with E-state index in [9.17, 15) is 4.39 Å². The normalized spacial score (nSPS) is 12.6. The summed E-state index contributed by atoms with van der Waals surface area (Å²) in [7, 11) is 0. The van der Waals surface area contributed by atoms with Gasteiger partial charge in [0.1, 0.15) is 5.82 Å². The van der Waals surface area contributed by atoms with E-state index in [0.29, 0.717) is 12.6 Å². The van der Waals surface area contributed by atoms with Crippen LogP contribution < -0.4 is 5.32 Å². The maximum absolute atomic E-state index is 13.4. The summed E-state index contributed by atoms with van der Waals surface area (Å²) < 4.78 is 13.4. The van der Waals surface area contributed by atoms with E-state index < -0.39 is 0 Å². The first-order valence-electron chi connectivity index (χ1n) is 6.42. The first kappa shape index (κ1) is 14.5. The molecule has 0 spiro atoms. The van der Waals surface area contributed by atoms with Crippen LogP contribution in [0.15, 0.2) is 35.7 Å². The van der Waals surface area contributed by atoms with Crippen molar-refractivity contribution in [2.75, 3.05) is 0 Å². The van der Waals surface area contributed by atoms with Gasteiger partial charge in [-0.15, -0.1) is 11.3 Å². The fraction of sp³-hybridized carbons (Fsp3) is 0.333. The van der Waals surface area contributed by atoms with Crippen LogP contribution in [0.25, 0.3) is 0 Å². The van der Waals surface area contributed by atoms with Crippen LogP contribution in [0.1, 0.15) is 36.2 Å². The van der Waals surface area contributed by atoms with Crippen LogP contribution in [0.3, 0.4) is 0 Å². The van der Waals surface area contributed by atoms with Crippen molar-refractivity contribution < 1.29 is 4.39 Å². The standard InChI is InChI=1S/C15H17ClFNS/c1-2-5-13(14-8-4-9-19-14)18-10-11-6-3-7-12(17)15(11)16/h3-4,6-9,13,18H,2,5,10H2,1H3. The highest BCUT2D eigenvalue weighted by Gasteiger charge is 2.12. The molecule has 0 amide bonds. The summed E-state index contributed by atoms with van der Waals surface area (Å²) in [5, 5.41) is 5.76. The Kier molecular flexibility index (Phi) is 5.37. The minimum Gasteiger partial charge on any atom is -0.305 e. The molecule has 1 aromatic heterocycles. The van der Waals surface area contributed by atoms with E-state index in [2.05, 4.69) is 29.8 Å². The van der Waals surface area contributed by atoms with Crippen molar-refractivity contribution in [3.05, 3.63) is 57.0 Å². The largest absolute Gasteiger partial charge is 0.305 e. The predicted octanol–water partition coefficient (Wildman–Crippen LogP) is 5.17. The van der Waals surface area contributed by atoms with Crippen molar-refractivity contribution >= 4 is 22.9 Å². The molecule has 0 fully saturated rings. The maximum Gasteiger partial charge on any atom is 0.142 e. The molecule has 4 heteroatoms. The van der Waals surface area contributed by atoms with E-state index in [1.54, 1.807) is 17.4 Å². The topological polar surface area (TPSA) is 12.0 Å². The highest BCUT2D eigenvalue weighted by Crippen LogP contribution is 2.25. The zero-order valence-corrected chi connectivity index (χ0v) is 12.4. The number of hydrogen-bond donors (Lipinski definition) is 1. The number of halogens is 2. The Morgan fingerprint density at radius 3 is 2.84 bits per heavy atom. The minimum atomic E-state index is -0.357. The van der Waals surface area contributed by atoms with Crippen molar-refractivity contribution in [2.24, 2.45) is 0 Å². The first-order valence-corrected chi connectivity index (χ1v) is 7.67. The Hall–Kier alpha value is -0.900. The molecule has 0 saturated carbocycles. The van der Waals surface area contributed by atoms with Gasteiger partial charge in [-0.3, -0.25) is 0 Å². The zero-order chi connectivity index (χ0) is 13.7. The summed E-state index contributed by atoms with van der Waals surface area (Å²) in [4.78, 5) is 1.31. The monoisotopic (exact) mass is 297 g/mol. The lowest BCUT2D eigenvalue weighted by molar-refractivity contribution is 0.499. The van der Waals surface area contributed by atoms with Gasteiger partial charge in [0.15, 0.2) is 0 Å². The highest BCUT2D eigenvalue weighted by molar-refractivity contribution is 7.10. The lowest BCUT2D eigenvalue weighted by Gasteiger charge is -2.17. The molecular weight excluding hydrogens is 281 g/mol. The molecule has 1 nitrogen and oxygen atoms in total. The number of rotatable bonds is 6. The lowest BCUT2D eigenvalue weighted by atomic mass is 10.1. The summed E-state index contributed by atoms with van der Waals surface area (Å²) >= 11 is 7.71. The van der Waals surface area contributed by atoms with Crippen molar-refractivity contribution in [1.82, 2.24) is 5.32 Å². The van der Waals surface area contributed by atoms with Gasteiger partial charge in [-0.05, 0) is 29.5 Å². The quantitative estimate of drug-likeness (QED) is 0.775. The Morgan fingerprint density at radius 2 is 2.16 bits per heavy atom. The van der Waals surface area contributed by atoms with Crippen molar-refractivity contribution in [2.45, 2.75) is 32.4 Å². The molecule has 0 aliphatic heterocycles. The summed E-state index contributed by atoms with van der Waals surface area (Å²) in [6.45, 7) is 2.75. The van der Waals surface area contributed by atoms with E-state index >= 15 is 0 Å². The average molecular weight is 298 g/mol. The van der Waals surface area contributed by atoms with Gasteiger partial charge < -0.3 is 5.32 Å². The van der Waals surface area contributed by atoms with Crippen molar-refractivity contribution in [3.63, 3.8) is 0 Å². The maximum atomic E-state index is 13.4. The average Bonchev–Trinajstić information content (AvgIpc) is 2.93. The Labute approximate surface area is 122 Å². The molecule has 0 saturated heterocycles. The predicted molar refractivity (Wildman–Crippen MR) is 80.2 cm³/mol. The molecule has 1 atom stereocenters. The van der Waals surface area contributed by atoms with Gasteiger partial charge in [0.25, 0.3) is 0 Å². The molecule has 19 heavy (non-hydrogen) atoms. The summed E-state index contributed by atoms with van der Waals surface area (Å²) in [6, 6.07) is 9.43. The van der Waals surface area contributed by atoms with Gasteiger partial charge in [0.05, 0.1) is 5.02 Å². The third kappa shape index (κ3) is 3.78. The van der Waals surface area contributed by atoms with Gasteiger partial charge in [0.2, 0.25) is 0 Å². The molecular formula is C15H17ClFNS. The van der Waals surface area contributed by atoms with Crippen molar-refractivity contribution in [3.8, 4) is 0 Å². The van der Waals surface area contributed by atoms with E-state index in [1.807, 2.05) is 6.07 Å². The SMILES string of the molecule is CCCC(NCc1cccc(F)c1Cl)c1cccs1. The number of nitrogens with one attached hydrogen (secondary N) is 1. The molecule has 2 rings (SSSR count). The molecule has 0 radical (unpaired) electrons. The molecule has 0 bridgehead atoms. The first-order chi connectivity index (χ1) is 9.22. The number of hydrogen-bond acceptors (Lipinski definition) is 2. The molecule has 0 aliphatic rings. The lowest BCUT2D eigenvalue weighted by Crippen LogP contribution is -2.20. The molecule has 1 aromatic carbocycles. The van der Waals surface area contributed by atoms with Crippen molar-refractivity contribution in [1.29, 1.82) is 0 Å². The van der Waals surface area contributed by atoms with Crippen LogP contribution in [0.2, 0.25) is 5.02 Å². The fourth-order valence-electron chi connectivity index (χ4n) is 2.04. The van der Waals surface area contributed by atoms with Crippen LogP contribution in [-0.4, -0.2) is 0 Å². The molecule has 2 aromatic rings. The van der Waals surface area contributed by atoms with Crippen LogP contribution in [-0.2, 0) is 6.54 Å². The molecule has 1 N–H and O–H groups in total. The third-order valence-electron chi connectivity index (χ3n) is 3.03. The van der Waals surface area contributed by atoms with Gasteiger partial charge >= 0.3 is 0 Å². The van der Waals surface area contributed by atoms with E-state index in [1.165, 1.54) is 10.9 Å². The van der Waals surface area contributed by atoms with E-state index in [0.717, 1.165) is 18.4 Å². The second-order valence-electron chi connectivity index (χ2n) is 4.45. The van der Waals surface area contributed by atoms with Crippen LogP contribution in [0.4, 0.5) is 4.39 Å².